The minimum Gasteiger partial charge on any atom is -0.467 e. The van der Waals surface area contributed by atoms with Crippen molar-refractivity contribution in [3.05, 3.63) is 39.2 Å². The normalized spacial score (nSPS) is 13.7. The number of ether oxygens (including phenoxy) is 1. The van der Waals surface area contributed by atoms with Crippen molar-refractivity contribution in [1.82, 2.24) is 0 Å². The number of benzene rings is 1. The number of hydrogen-bond acceptors (Lipinski definition) is 6. The van der Waals surface area contributed by atoms with Crippen molar-refractivity contribution in [3.63, 3.8) is 0 Å². The summed E-state index contributed by atoms with van der Waals surface area (Å²) in [6.07, 6.45) is -3.98. The predicted octanol–water partition coefficient (Wildman–Crippen LogP) is 0.610. The highest BCUT2D eigenvalue weighted by Gasteiger charge is 2.30. The highest BCUT2D eigenvalue weighted by Crippen LogP contribution is 2.28. The van der Waals surface area contributed by atoms with Gasteiger partial charge in [0.2, 0.25) is 0 Å². The first-order valence-electron chi connectivity index (χ1n) is 5.18. The summed E-state index contributed by atoms with van der Waals surface area (Å²) in [7, 11) is 0.978. The third kappa shape index (κ3) is 3.04. The summed E-state index contributed by atoms with van der Waals surface area (Å²) < 4.78 is 17.8. The minimum atomic E-state index is -2.03. The van der Waals surface area contributed by atoms with Gasteiger partial charge in [-0.2, -0.15) is 0 Å². The Hall–Kier alpha value is -2.06. The molecule has 1 aromatic carbocycles. The van der Waals surface area contributed by atoms with Gasteiger partial charge in [-0.25, -0.2) is 9.18 Å². The number of aliphatic hydroxyl groups is 2. The summed E-state index contributed by atoms with van der Waals surface area (Å²) in [5, 5.41) is 29.8. The van der Waals surface area contributed by atoms with Crippen molar-refractivity contribution in [2.45, 2.75) is 19.1 Å². The molecule has 0 saturated heterocycles. The predicted molar refractivity (Wildman–Crippen MR) is 60.8 cm³/mol. The quantitative estimate of drug-likeness (QED) is 0.472. The van der Waals surface area contributed by atoms with Gasteiger partial charge in [-0.05, 0) is 13.0 Å². The van der Waals surface area contributed by atoms with Crippen molar-refractivity contribution in [2.24, 2.45) is 0 Å². The second kappa shape index (κ2) is 5.72. The van der Waals surface area contributed by atoms with Crippen molar-refractivity contribution < 1.29 is 29.1 Å². The average molecular weight is 273 g/mol. The van der Waals surface area contributed by atoms with E-state index in [4.69, 9.17) is 0 Å². The van der Waals surface area contributed by atoms with Gasteiger partial charge in [0.15, 0.2) is 6.10 Å². The molecule has 2 unspecified atom stereocenters. The zero-order valence-corrected chi connectivity index (χ0v) is 10.2. The van der Waals surface area contributed by atoms with Crippen molar-refractivity contribution in [1.29, 1.82) is 0 Å². The van der Waals surface area contributed by atoms with Gasteiger partial charge in [0, 0.05) is 17.2 Å². The van der Waals surface area contributed by atoms with E-state index >= 15 is 0 Å². The smallest absolute Gasteiger partial charge is 0.337 e. The van der Waals surface area contributed by atoms with Crippen molar-refractivity contribution >= 4 is 11.7 Å². The Morgan fingerprint density at radius 1 is 1.47 bits per heavy atom. The number of esters is 1. The second-order valence-corrected chi connectivity index (χ2v) is 3.83. The van der Waals surface area contributed by atoms with E-state index in [1.54, 1.807) is 0 Å². The molecular formula is C11H12FNO6. The van der Waals surface area contributed by atoms with Gasteiger partial charge < -0.3 is 14.9 Å². The molecule has 1 aromatic rings. The summed E-state index contributed by atoms with van der Waals surface area (Å²) in [5.41, 5.74) is -0.909. The van der Waals surface area contributed by atoms with Crippen LogP contribution in [0.3, 0.4) is 0 Å². The lowest BCUT2D eigenvalue weighted by Gasteiger charge is -2.16. The lowest BCUT2D eigenvalue weighted by molar-refractivity contribution is -0.385. The third-order valence-corrected chi connectivity index (χ3v) is 2.57. The second-order valence-electron chi connectivity index (χ2n) is 3.83. The number of carbonyl (C=O) groups excluding carboxylic acids is 1. The molecule has 0 saturated carbocycles. The van der Waals surface area contributed by atoms with Crippen LogP contribution in [0.15, 0.2) is 12.1 Å². The number of hydrogen-bond donors (Lipinski definition) is 2. The number of nitro groups is 1. The first kappa shape index (κ1) is 15.0. The van der Waals surface area contributed by atoms with Crippen LogP contribution >= 0.6 is 0 Å². The molecule has 0 spiro atoms. The molecule has 7 nitrogen and oxygen atoms in total. The van der Waals surface area contributed by atoms with Crippen molar-refractivity contribution in [3.8, 4) is 0 Å². The molecule has 0 radical (unpaired) electrons. The lowest BCUT2D eigenvalue weighted by atomic mass is 10.0. The number of halogens is 1. The Labute approximate surface area is 107 Å². The molecule has 2 N–H and O–H groups in total. The van der Waals surface area contributed by atoms with E-state index < -0.39 is 40.2 Å². The average Bonchev–Trinajstić information content (AvgIpc) is 2.35. The minimum absolute atomic E-state index is 0.0611. The van der Waals surface area contributed by atoms with Crippen LogP contribution in [0.25, 0.3) is 0 Å². The van der Waals surface area contributed by atoms with Crippen LogP contribution in [0.5, 0.6) is 0 Å². The van der Waals surface area contributed by atoms with Crippen LogP contribution in [0, 0.1) is 22.9 Å². The number of rotatable bonds is 4. The molecule has 0 aliphatic carbocycles. The van der Waals surface area contributed by atoms with E-state index in [2.05, 4.69) is 4.74 Å². The molecule has 0 aliphatic heterocycles. The van der Waals surface area contributed by atoms with E-state index in [1.807, 2.05) is 0 Å². The molecule has 0 bridgehead atoms. The largest absolute Gasteiger partial charge is 0.467 e. The summed E-state index contributed by atoms with van der Waals surface area (Å²) in [6, 6.07) is 1.63. The van der Waals surface area contributed by atoms with E-state index in [0.29, 0.717) is 0 Å². The van der Waals surface area contributed by atoms with Crippen LogP contribution in [0.4, 0.5) is 10.1 Å². The Morgan fingerprint density at radius 2 is 2.05 bits per heavy atom. The summed E-state index contributed by atoms with van der Waals surface area (Å²) in [6.45, 7) is 1.33. The van der Waals surface area contributed by atoms with Gasteiger partial charge in [-0.15, -0.1) is 0 Å². The maximum atomic E-state index is 13.6. The zero-order valence-electron chi connectivity index (χ0n) is 10.2. The Balaban J connectivity index is 3.23. The standard InChI is InChI=1S/C11H12FNO6/c1-5-3-7(12)6(4-8(5)13(17)18)9(14)10(15)11(16)19-2/h3-4,9-10,14-15H,1-2H3. The lowest BCUT2D eigenvalue weighted by Crippen LogP contribution is -2.29. The number of nitrogens with zero attached hydrogens (tertiary/aromatic N) is 1. The molecule has 0 aromatic heterocycles. The zero-order chi connectivity index (χ0) is 14.7. The molecule has 19 heavy (non-hydrogen) atoms. The topological polar surface area (TPSA) is 110 Å². The van der Waals surface area contributed by atoms with E-state index in [0.717, 1.165) is 19.2 Å². The van der Waals surface area contributed by atoms with Gasteiger partial charge in [-0.1, -0.05) is 0 Å². The Morgan fingerprint density at radius 3 is 2.53 bits per heavy atom. The third-order valence-electron chi connectivity index (χ3n) is 2.57. The van der Waals surface area contributed by atoms with Crippen LogP contribution < -0.4 is 0 Å². The number of aryl methyl sites for hydroxylation is 1. The molecule has 0 amide bonds. The molecule has 0 aliphatic rings. The Bertz CT molecular complexity index is 518. The molecule has 8 heteroatoms. The van der Waals surface area contributed by atoms with Gasteiger partial charge >= 0.3 is 5.97 Å². The first-order valence-corrected chi connectivity index (χ1v) is 5.18. The van der Waals surface area contributed by atoms with Crippen LogP contribution in [0.2, 0.25) is 0 Å². The highest BCUT2D eigenvalue weighted by molar-refractivity contribution is 5.75. The summed E-state index contributed by atoms with van der Waals surface area (Å²) >= 11 is 0. The maximum absolute atomic E-state index is 13.6. The van der Waals surface area contributed by atoms with Crippen LogP contribution in [0.1, 0.15) is 17.2 Å². The van der Waals surface area contributed by atoms with Gasteiger partial charge in [-0.3, -0.25) is 10.1 Å². The number of methoxy groups -OCH3 is 1. The van der Waals surface area contributed by atoms with Gasteiger partial charge in [0.05, 0.1) is 12.0 Å². The van der Waals surface area contributed by atoms with Crippen LogP contribution in [-0.4, -0.2) is 34.3 Å². The fourth-order valence-electron chi connectivity index (χ4n) is 1.52. The molecule has 0 heterocycles. The number of aliphatic hydroxyl groups excluding tert-OH is 2. The molecule has 2 atom stereocenters. The first-order chi connectivity index (χ1) is 8.79. The fourth-order valence-corrected chi connectivity index (χ4v) is 1.52. The molecular weight excluding hydrogens is 261 g/mol. The number of nitro benzene ring substituents is 1. The van der Waals surface area contributed by atoms with E-state index in [9.17, 15) is 29.5 Å². The van der Waals surface area contributed by atoms with Gasteiger partial charge in [0.25, 0.3) is 5.69 Å². The SMILES string of the molecule is COC(=O)C(O)C(O)c1cc([N+](=O)[O-])c(C)cc1F. The molecule has 0 fully saturated rings. The monoisotopic (exact) mass is 273 g/mol. The maximum Gasteiger partial charge on any atom is 0.337 e. The van der Waals surface area contributed by atoms with Crippen LogP contribution in [-0.2, 0) is 9.53 Å². The highest BCUT2D eigenvalue weighted by atomic mass is 19.1. The molecule has 104 valence electrons. The molecule has 1 rings (SSSR count). The summed E-state index contributed by atoms with van der Waals surface area (Å²) in [4.78, 5) is 21.0. The summed E-state index contributed by atoms with van der Waals surface area (Å²) in [5.74, 6) is -2.13. The fraction of sp³-hybridized carbons (Fsp3) is 0.364. The van der Waals surface area contributed by atoms with Gasteiger partial charge in [0.1, 0.15) is 11.9 Å². The number of carbonyl (C=O) groups is 1. The van der Waals surface area contributed by atoms with E-state index in [-0.39, 0.29) is 5.56 Å². The Kier molecular flexibility index (Phi) is 4.52. The van der Waals surface area contributed by atoms with Crippen molar-refractivity contribution in [2.75, 3.05) is 7.11 Å². The van der Waals surface area contributed by atoms with E-state index in [1.165, 1.54) is 6.92 Å².